The molecule has 2 aromatic rings. The molecule has 2 rings (SSSR count). The SMILES string of the molecule is COCOc1ccc(/C=C/C(=O)c2c(OCOC)cc(OCOC)c(CC=C(C)C)c2O)c(OCOC)c1. The summed E-state index contributed by atoms with van der Waals surface area (Å²) in [4.78, 5) is 13.4. The first kappa shape index (κ1) is 30.7. The highest BCUT2D eigenvalue weighted by molar-refractivity contribution is 6.11. The van der Waals surface area contributed by atoms with E-state index >= 15 is 0 Å². The molecular formula is C28H36O10. The normalized spacial score (nSPS) is 10.9. The molecule has 0 radical (unpaired) electrons. The summed E-state index contributed by atoms with van der Waals surface area (Å²) in [5.41, 5.74) is 2.02. The Bertz CT molecular complexity index is 1100. The molecule has 38 heavy (non-hydrogen) atoms. The zero-order valence-electron chi connectivity index (χ0n) is 22.7. The molecule has 0 saturated carbocycles. The number of ether oxygens (including phenoxy) is 8. The van der Waals surface area contributed by atoms with E-state index in [0.717, 1.165) is 5.57 Å². The van der Waals surface area contributed by atoms with E-state index in [9.17, 15) is 9.90 Å². The number of carbonyl (C=O) groups excluding carboxylic acids is 1. The van der Waals surface area contributed by atoms with Crippen molar-refractivity contribution in [2.45, 2.75) is 20.3 Å². The van der Waals surface area contributed by atoms with Gasteiger partial charge in [-0.15, -0.1) is 0 Å². The zero-order valence-corrected chi connectivity index (χ0v) is 22.7. The molecule has 0 atom stereocenters. The van der Waals surface area contributed by atoms with Crippen molar-refractivity contribution in [3.8, 4) is 28.7 Å². The molecule has 208 valence electrons. The summed E-state index contributed by atoms with van der Waals surface area (Å²) < 4.78 is 42.4. The molecule has 0 aliphatic carbocycles. The highest BCUT2D eigenvalue weighted by Gasteiger charge is 2.23. The summed E-state index contributed by atoms with van der Waals surface area (Å²) in [7, 11) is 5.96. The van der Waals surface area contributed by atoms with Crippen LogP contribution in [-0.2, 0) is 25.4 Å². The first-order chi connectivity index (χ1) is 18.4. The predicted molar refractivity (Wildman–Crippen MR) is 141 cm³/mol. The fourth-order valence-electron chi connectivity index (χ4n) is 3.26. The molecule has 10 nitrogen and oxygen atoms in total. The number of methoxy groups -OCH3 is 4. The third-order valence-corrected chi connectivity index (χ3v) is 5.03. The maximum absolute atomic E-state index is 13.4. The van der Waals surface area contributed by atoms with Crippen LogP contribution in [0.2, 0.25) is 0 Å². The van der Waals surface area contributed by atoms with Crippen LogP contribution < -0.4 is 18.9 Å². The fraction of sp³-hybridized carbons (Fsp3) is 0.393. The van der Waals surface area contributed by atoms with E-state index in [-0.39, 0.29) is 44.2 Å². The Hall–Kier alpha value is -3.57. The number of allylic oxidation sites excluding steroid dienone is 3. The lowest BCUT2D eigenvalue weighted by Crippen LogP contribution is -2.09. The highest BCUT2D eigenvalue weighted by atomic mass is 16.7. The quantitative estimate of drug-likeness (QED) is 0.133. The molecule has 0 aromatic heterocycles. The maximum Gasteiger partial charge on any atom is 0.193 e. The van der Waals surface area contributed by atoms with E-state index in [1.165, 1.54) is 34.5 Å². The fourth-order valence-corrected chi connectivity index (χ4v) is 3.26. The largest absolute Gasteiger partial charge is 0.507 e. The van der Waals surface area contributed by atoms with Gasteiger partial charge in [0.1, 0.15) is 34.3 Å². The van der Waals surface area contributed by atoms with E-state index in [1.807, 2.05) is 19.9 Å². The van der Waals surface area contributed by atoms with Crippen LogP contribution in [0.1, 0.15) is 35.3 Å². The second-order valence-electron chi connectivity index (χ2n) is 8.16. The van der Waals surface area contributed by atoms with Gasteiger partial charge in [-0.2, -0.15) is 0 Å². The van der Waals surface area contributed by atoms with Crippen molar-refractivity contribution in [1.29, 1.82) is 0 Å². The van der Waals surface area contributed by atoms with Gasteiger partial charge in [0.15, 0.2) is 33.0 Å². The Morgan fingerprint density at radius 1 is 0.789 bits per heavy atom. The molecule has 0 saturated heterocycles. The van der Waals surface area contributed by atoms with Gasteiger partial charge in [0.25, 0.3) is 0 Å². The van der Waals surface area contributed by atoms with Gasteiger partial charge in [0.05, 0.1) is 0 Å². The number of phenols is 1. The third kappa shape index (κ3) is 9.07. The number of aromatic hydroxyl groups is 1. The number of benzene rings is 2. The maximum atomic E-state index is 13.4. The van der Waals surface area contributed by atoms with Crippen LogP contribution in [0.25, 0.3) is 6.08 Å². The first-order valence-electron chi connectivity index (χ1n) is 11.7. The van der Waals surface area contributed by atoms with Gasteiger partial charge in [0.2, 0.25) is 0 Å². The standard InChI is InChI=1S/C28H36O10/c1-19(2)7-11-22-25(37-17-33-5)14-26(38-18-34-6)27(28(22)30)23(29)12-9-20-8-10-21(35-15-31-3)13-24(20)36-16-32-4/h7-10,12-14,30H,11,15-18H2,1-6H3/b12-9+. The van der Waals surface area contributed by atoms with Gasteiger partial charge in [-0.3, -0.25) is 4.79 Å². The Balaban J connectivity index is 2.52. The number of hydrogen-bond acceptors (Lipinski definition) is 10. The minimum atomic E-state index is -0.497. The zero-order chi connectivity index (χ0) is 27.9. The molecule has 0 bridgehead atoms. The monoisotopic (exact) mass is 532 g/mol. The third-order valence-electron chi connectivity index (χ3n) is 5.03. The molecule has 0 spiro atoms. The van der Waals surface area contributed by atoms with E-state index < -0.39 is 5.78 Å². The molecule has 0 amide bonds. The smallest absolute Gasteiger partial charge is 0.193 e. The van der Waals surface area contributed by atoms with Crippen molar-refractivity contribution in [2.75, 3.05) is 55.6 Å². The van der Waals surface area contributed by atoms with E-state index in [4.69, 9.17) is 37.9 Å². The topological polar surface area (TPSA) is 111 Å². The summed E-state index contributed by atoms with van der Waals surface area (Å²) in [5, 5.41) is 11.2. The van der Waals surface area contributed by atoms with Crippen molar-refractivity contribution >= 4 is 11.9 Å². The van der Waals surface area contributed by atoms with Crippen LogP contribution >= 0.6 is 0 Å². The van der Waals surface area contributed by atoms with Gasteiger partial charge >= 0.3 is 0 Å². The van der Waals surface area contributed by atoms with Gasteiger partial charge < -0.3 is 43.0 Å². The van der Waals surface area contributed by atoms with Gasteiger partial charge in [-0.05, 0) is 44.6 Å². The summed E-state index contributed by atoms with van der Waals surface area (Å²) in [6.45, 7) is 3.75. The molecule has 0 unspecified atom stereocenters. The Labute approximate surface area is 223 Å². The van der Waals surface area contributed by atoms with Gasteiger partial charge in [0, 0.05) is 51.7 Å². The van der Waals surface area contributed by atoms with Gasteiger partial charge in [-0.1, -0.05) is 11.6 Å². The number of phenolic OH excluding ortho intramolecular Hbond substituents is 1. The predicted octanol–water partition coefficient (Wildman–Crippen LogP) is 4.73. The van der Waals surface area contributed by atoms with Crippen LogP contribution in [0.3, 0.4) is 0 Å². The van der Waals surface area contributed by atoms with Crippen LogP contribution in [0.4, 0.5) is 0 Å². The second-order valence-corrected chi connectivity index (χ2v) is 8.16. The molecule has 0 aliphatic heterocycles. The molecule has 0 fully saturated rings. The van der Waals surface area contributed by atoms with Crippen LogP contribution in [0.5, 0.6) is 28.7 Å². The lowest BCUT2D eigenvalue weighted by molar-refractivity contribution is 0.0448. The average Bonchev–Trinajstić information content (AvgIpc) is 2.90. The Kier molecular flexibility index (Phi) is 13.2. The average molecular weight is 533 g/mol. The lowest BCUT2D eigenvalue weighted by atomic mass is 9.99. The Morgan fingerprint density at radius 2 is 1.37 bits per heavy atom. The van der Waals surface area contributed by atoms with Crippen molar-refractivity contribution in [3.05, 3.63) is 58.7 Å². The van der Waals surface area contributed by atoms with E-state index in [1.54, 1.807) is 30.3 Å². The van der Waals surface area contributed by atoms with Gasteiger partial charge in [-0.25, -0.2) is 0 Å². The van der Waals surface area contributed by atoms with Crippen LogP contribution in [-0.4, -0.2) is 66.5 Å². The summed E-state index contributed by atoms with van der Waals surface area (Å²) in [6.07, 6.45) is 5.14. The number of carbonyl (C=O) groups is 1. The van der Waals surface area contributed by atoms with E-state index in [0.29, 0.717) is 34.8 Å². The van der Waals surface area contributed by atoms with E-state index in [2.05, 4.69) is 0 Å². The first-order valence-corrected chi connectivity index (χ1v) is 11.7. The van der Waals surface area contributed by atoms with Crippen molar-refractivity contribution in [2.24, 2.45) is 0 Å². The summed E-state index contributed by atoms with van der Waals surface area (Å²) in [6, 6.07) is 6.64. The Morgan fingerprint density at radius 3 is 1.97 bits per heavy atom. The minimum absolute atomic E-state index is 0.00499. The summed E-state index contributed by atoms with van der Waals surface area (Å²) >= 11 is 0. The molecule has 0 heterocycles. The molecule has 0 aliphatic rings. The number of rotatable bonds is 17. The highest BCUT2D eigenvalue weighted by Crippen LogP contribution is 2.40. The summed E-state index contributed by atoms with van der Waals surface area (Å²) in [5.74, 6) is 0.626. The van der Waals surface area contributed by atoms with Crippen molar-refractivity contribution in [1.82, 2.24) is 0 Å². The van der Waals surface area contributed by atoms with Crippen molar-refractivity contribution in [3.63, 3.8) is 0 Å². The minimum Gasteiger partial charge on any atom is -0.507 e. The molecule has 2 aromatic carbocycles. The second kappa shape index (κ2) is 16.3. The molecular weight excluding hydrogens is 496 g/mol. The molecule has 1 N–H and O–H groups in total. The molecule has 10 heteroatoms. The number of ketones is 1. The lowest BCUT2D eigenvalue weighted by Gasteiger charge is -2.18. The number of hydrogen-bond donors (Lipinski definition) is 1. The van der Waals surface area contributed by atoms with Crippen LogP contribution in [0.15, 0.2) is 42.0 Å². The van der Waals surface area contributed by atoms with Crippen molar-refractivity contribution < 1.29 is 47.8 Å². The van der Waals surface area contributed by atoms with Crippen LogP contribution in [0, 0.1) is 0 Å².